The Morgan fingerprint density at radius 1 is 1.29 bits per heavy atom. The van der Waals surface area contributed by atoms with Crippen LogP contribution in [-0.4, -0.2) is 34.3 Å². The average molecular weight is 406 g/mol. The van der Waals surface area contributed by atoms with Crippen molar-refractivity contribution in [2.75, 3.05) is 13.6 Å². The minimum Gasteiger partial charge on any atom is -0.356 e. The van der Waals surface area contributed by atoms with Gasteiger partial charge in [0.25, 0.3) is 0 Å². The maximum Gasteiger partial charge on any atom is 0.191 e. The number of aliphatic imine (C=N–C) groups is 1. The summed E-state index contributed by atoms with van der Waals surface area (Å²) in [4.78, 5) is 4.23. The molecule has 0 saturated carbocycles. The molecule has 21 heavy (non-hydrogen) atoms. The van der Waals surface area contributed by atoms with Crippen molar-refractivity contribution < 1.29 is 0 Å². The smallest absolute Gasteiger partial charge is 0.191 e. The molecule has 0 unspecified atom stereocenters. The summed E-state index contributed by atoms with van der Waals surface area (Å²) in [6, 6.07) is 0. The Hall–Kier alpha value is -0.860. The predicted molar refractivity (Wildman–Crippen MR) is 96.0 cm³/mol. The van der Waals surface area contributed by atoms with Crippen molar-refractivity contribution >= 4 is 29.9 Å². The van der Waals surface area contributed by atoms with Gasteiger partial charge >= 0.3 is 0 Å². The predicted octanol–water partition coefficient (Wildman–Crippen LogP) is 1.94. The Balaban J connectivity index is 0.00000220. The monoisotopic (exact) mass is 406 g/mol. The summed E-state index contributed by atoms with van der Waals surface area (Å²) in [5.74, 6) is 3.66. The molecule has 0 atom stereocenters. The lowest BCUT2D eigenvalue weighted by molar-refractivity contribution is 0.504. The highest BCUT2D eigenvalue weighted by Gasteiger charge is 2.15. The van der Waals surface area contributed by atoms with Crippen molar-refractivity contribution in [3.05, 3.63) is 11.6 Å². The highest BCUT2D eigenvalue weighted by Crippen LogP contribution is 2.13. The number of nitrogens with zero attached hydrogens (tertiary/aromatic N) is 4. The van der Waals surface area contributed by atoms with Crippen LogP contribution < -0.4 is 10.6 Å². The highest BCUT2D eigenvalue weighted by atomic mass is 127. The van der Waals surface area contributed by atoms with Gasteiger partial charge < -0.3 is 15.2 Å². The maximum absolute atomic E-state index is 4.28. The topological polar surface area (TPSA) is 67.1 Å². The SMILES string of the molecule is CN=C(NCCC(C)C)NCc1nnc2n1CCCC2.I. The zero-order chi connectivity index (χ0) is 14.4. The zero-order valence-electron chi connectivity index (χ0n) is 13.2. The molecule has 0 bridgehead atoms. The van der Waals surface area contributed by atoms with Crippen LogP contribution in [0, 0.1) is 5.92 Å². The lowest BCUT2D eigenvalue weighted by Crippen LogP contribution is -2.38. The Labute approximate surface area is 144 Å². The minimum atomic E-state index is 0. The molecule has 0 saturated heterocycles. The van der Waals surface area contributed by atoms with E-state index in [-0.39, 0.29) is 24.0 Å². The summed E-state index contributed by atoms with van der Waals surface area (Å²) < 4.78 is 2.23. The molecule has 0 spiro atoms. The first-order valence-electron chi connectivity index (χ1n) is 7.56. The van der Waals surface area contributed by atoms with Gasteiger partial charge in [-0.05, 0) is 25.2 Å². The molecular formula is C14H27IN6. The van der Waals surface area contributed by atoms with E-state index in [4.69, 9.17) is 0 Å². The lowest BCUT2D eigenvalue weighted by atomic mass is 10.1. The molecule has 1 aromatic rings. The van der Waals surface area contributed by atoms with Crippen LogP contribution in [0.4, 0.5) is 0 Å². The van der Waals surface area contributed by atoms with E-state index in [1.165, 1.54) is 12.8 Å². The number of aromatic nitrogens is 3. The first-order chi connectivity index (χ1) is 9.70. The van der Waals surface area contributed by atoms with E-state index in [2.05, 4.69) is 44.2 Å². The third kappa shape index (κ3) is 5.44. The molecule has 1 aromatic heterocycles. The molecule has 120 valence electrons. The molecule has 1 aliphatic heterocycles. The first kappa shape index (κ1) is 18.2. The quantitative estimate of drug-likeness (QED) is 0.446. The van der Waals surface area contributed by atoms with E-state index in [0.717, 1.165) is 43.5 Å². The molecule has 2 rings (SSSR count). The van der Waals surface area contributed by atoms with Gasteiger partial charge in [0.05, 0.1) is 6.54 Å². The Kier molecular flexibility index (Phi) is 7.98. The van der Waals surface area contributed by atoms with Gasteiger partial charge in [0.2, 0.25) is 0 Å². The largest absolute Gasteiger partial charge is 0.356 e. The molecule has 0 fully saturated rings. The van der Waals surface area contributed by atoms with Crippen molar-refractivity contribution in [1.29, 1.82) is 0 Å². The number of guanidine groups is 1. The van der Waals surface area contributed by atoms with Gasteiger partial charge in [-0.15, -0.1) is 34.2 Å². The molecule has 0 radical (unpaired) electrons. The molecule has 2 heterocycles. The Bertz CT molecular complexity index is 454. The molecule has 0 aliphatic carbocycles. The summed E-state index contributed by atoms with van der Waals surface area (Å²) in [5, 5.41) is 15.2. The van der Waals surface area contributed by atoms with E-state index < -0.39 is 0 Å². The van der Waals surface area contributed by atoms with Gasteiger partial charge in [-0.3, -0.25) is 4.99 Å². The van der Waals surface area contributed by atoms with Gasteiger partial charge in [0, 0.05) is 26.6 Å². The van der Waals surface area contributed by atoms with Crippen LogP contribution in [0.1, 0.15) is 44.8 Å². The van der Waals surface area contributed by atoms with Crippen LogP contribution in [0.25, 0.3) is 0 Å². The van der Waals surface area contributed by atoms with Crippen LogP contribution in [0.5, 0.6) is 0 Å². The summed E-state index contributed by atoms with van der Waals surface area (Å²) in [7, 11) is 1.80. The third-order valence-electron chi connectivity index (χ3n) is 3.59. The number of rotatable bonds is 5. The third-order valence-corrected chi connectivity index (χ3v) is 3.59. The fourth-order valence-corrected chi connectivity index (χ4v) is 2.36. The number of aryl methyl sites for hydroxylation is 1. The second-order valence-corrected chi connectivity index (χ2v) is 5.68. The van der Waals surface area contributed by atoms with Crippen LogP contribution in [0.2, 0.25) is 0 Å². The molecule has 7 heteroatoms. The minimum absolute atomic E-state index is 0. The molecule has 6 nitrogen and oxygen atoms in total. The first-order valence-corrected chi connectivity index (χ1v) is 7.56. The number of fused-ring (bicyclic) bond motifs is 1. The Morgan fingerprint density at radius 2 is 2.10 bits per heavy atom. The normalized spacial score (nSPS) is 14.6. The van der Waals surface area contributed by atoms with Crippen molar-refractivity contribution in [2.24, 2.45) is 10.9 Å². The number of hydrogen-bond acceptors (Lipinski definition) is 3. The van der Waals surface area contributed by atoms with E-state index in [1.807, 2.05) is 0 Å². The molecule has 1 aliphatic rings. The average Bonchev–Trinajstić information content (AvgIpc) is 2.85. The van der Waals surface area contributed by atoms with Crippen LogP contribution in [-0.2, 0) is 19.5 Å². The maximum atomic E-state index is 4.28. The summed E-state index contributed by atoms with van der Waals surface area (Å²) >= 11 is 0. The number of hydrogen-bond donors (Lipinski definition) is 2. The second-order valence-electron chi connectivity index (χ2n) is 5.68. The number of halogens is 1. The van der Waals surface area contributed by atoms with Crippen LogP contribution >= 0.6 is 24.0 Å². The lowest BCUT2D eigenvalue weighted by Gasteiger charge is -2.16. The van der Waals surface area contributed by atoms with Gasteiger partial charge in [-0.1, -0.05) is 13.8 Å². The van der Waals surface area contributed by atoms with E-state index >= 15 is 0 Å². The number of nitrogens with one attached hydrogen (secondary N) is 2. The highest BCUT2D eigenvalue weighted by molar-refractivity contribution is 14.0. The van der Waals surface area contributed by atoms with Crippen LogP contribution in [0.15, 0.2) is 4.99 Å². The molecule has 2 N–H and O–H groups in total. The summed E-state index contributed by atoms with van der Waals surface area (Å²) in [6.45, 7) is 7.10. The van der Waals surface area contributed by atoms with Crippen molar-refractivity contribution in [2.45, 2.75) is 52.6 Å². The van der Waals surface area contributed by atoms with Crippen molar-refractivity contribution in [3.63, 3.8) is 0 Å². The van der Waals surface area contributed by atoms with Crippen molar-refractivity contribution in [1.82, 2.24) is 25.4 Å². The van der Waals surface area contributed by atoms with Gasteiger partial charge in [0.15, 0.2) is 11.8 Å². The fourth-order valence-electron chi connectivity index (χ4n) is 2.36. The van der Waals surface area contributed by atoms with Gasteiger partial charge in [-0.2, -0.15) is 0 Å². The summed E-state index contributed by atoms with van der Waals surface area (Å²) in [6.07, 6.45) is 4.64. The van der Waals surface area contributed by atoms with Gasteiger partial charge in [-0.25, -0.2) is 0 Å². The fraction of sp³-hybridized carbons (Fsp3) is 0.786. The van der Waals surface area contributed by atoms with E-state index in [9.17, 15) is 0 Å². The second kappa shape index (κ2) is 9.22. The van der Waals surface area contributed by atoms with E-state index in [0.29, 0.717) is 12.5 Å². The molecule has 0 amide bonds. The van der Waals surface area contributed by atoms with Crippen molar-refractivity contribution in [3.8, 4) is 0 Å². The van der Waals surface area contributed by atoms with E-state index in [1.54, 1.807) is 7.05 Å². The van der Waals surface area contributed by atoms with Crippen LogP contribution in [0.3, 0.4) is 0 Å². The standard InChI is InChI=1S/C14H26N6.HI/c1-11(2)7-8-16-14(15-3)17-10-13-19-18-12-6-4-5-9-20(12)13;/h11H,4-10H2,1-3H3,(H2,15,16,17);1H. The Morgan fingerprint density at radius 3 is 2.81 bits per heavy atom. The zero-order valence-corrected chi connectivity index (χ0v) is 15.6. The molecular weight excluding hydrogens is 379 g/mol. The van der Waals surface area contributed by atoms with Gasteiger partial charge in [0.1, 0.15) is 5.82 Å². The molecule has 0 aromatic carbocycles. The summed E-state index contributed by atoms with van der Waals surface area (Å²) in [5.41, 5.74) is 0.